The molecule has 29 heavy (non-hydrogen) atoms. The lowest BCUT2D eigenvalue weighted by atomic mass is 9.46. The number of carbonyl (C=O) groups is 1. The van der Waals surface area contributed by atoms with Gasteiger partial charge < -0.3 is 10.1 Å². The smallest absolute Gasteiger partial charge is 0.243 e. The molecule has 1 N–H and O–H groups in total. The molecule has 3 saturated carbocycles. The largest absolute Gasteiger partial charge is 0.490 e. The van der Waals surface area contributed by atoms with E-state index in [1.807, 2.05) is 0 Å². The van der Waals surface area contributed by atoms with Gasteiger partial charge in [0, 0.05) is 11.5 Å². The van der Waals surface area contributed by atoms with Crippen LogP contribution < -0.4 is 10.1 Å². The molecule has 3 aliphatic carbocycles. The number of hydrogen-bond acceptors (Lipinski definition) is 2. The summed E-state index contributed by atoms with van der Waals surface area (Å²) < 4.78 is 19.6. The molecule has 5 rings (SSSR count). The van der Waals surface area contributed by atoms with Crippen LogP contribution in [0.2, 0.25) is 0 Å². The van der Waals surface area contributed by atoms with Gasteiger partial charge in [-0.15, -0.1) is 0 Å². The third kappa shape index (κ3) is 3.02. The predicted octanol–water partition coefficient (Wildman–Crippen LogP) is 5.12. The van der Waals surface area contributed by atoms with Crippen molar-refractivity contribution in [3.63, 3.8) is 0 Å². The molecule has 8 atom stereocenters. The number of halogens is 1. The SMILES string of the molecule is C[C@H]1C[C@H]2NC(=O)C=C[C@]2(C)[C@H]2CC[C@]3(C)C[C@@H](Oc4ccc(F)cc4)C[C@H]3[C@H]12. The summed E-state index contributed by atoms with van der Waals surface area (Å²) in [6, 6.07) is 6.69. The van der Waals surface area contributed by atoms with E-state index in [-0.39, 0.29) is 29.3 Å². The molecule has 0 spiro atoms. The molecule has 4 heteroatoms. The lowest BCUT2D eigenvalue weighted by Gasteiger charge is -2.60. The summed E-state index contributed by atoms with van der Waals surface area (Å²) in [7, 11) is 0. The van der Waals surface area contributed by atoms with E-state index in [1.165, 1.54) is 25.0 Å². The van der Waals surface area contributed by atoms with Crippen molar-refractivity contribution in [1.29, 1.82) is 0 Å². The highest BCUT2D eigenvalue weighted by Crippen LogP contribution is 2.64. The monoisotopic (exact) mass is 397 g/mol. The molecule has 3 nitrogen and oxygen atoms in total. The van der Waals surface area contributed by atoms with Crippen molar-refractivity contribution in [2.45, 2.75) is 65.0 Å². The van der Waals surface area contributed by atoms with Crippen molar-refractivity contribution in [3.05, 3.63) is 42.2 Å². The second kappa shape index (κ2) is 6.58. The summed E-state index contributed by atoms with van der Waals surface area (Å²) in [6.45, 7) is 7.21. The van der Waals surface area contributed by atoms with Gasteiger partial charge in [-0.1, -0.05) is 26.8 Å². The number of rotatable bonds is 2. The van der Waals surface area contributed by atoms with Crippen molar-refractivity contribution in [3.8, 4) is 5.75 Å². The van der Waals surface area contributed by atoms with Crippen LogP contribution in [0.25, 0.3) is 0 Å². The van der Waals surface area contributed by atoms with E-state index in [0.717, 1.165) is 25.0 Å². The Balaban J connectivity index is 1.40. The Hall–Kier alpha value is -1.84. The van der Waals surface area contributed by atoms with Gasteiger partial charge in [0.05, 0.1) is 6.10 Å². The normalized spacial score (nSPS) is 45.7. The zero-order valence-corrected chi connectivity index (χ0v) is 17.7. The van der Waals surface area contributed by atoms with Gasteiger partial charge in [-0.2, -0.15) is 0 Å². The number of fused-ring (bicyclic) bond motifs is 5. The van der Waals surface area contributed by atoms with Gasteiger partial charge in [0.1, 0.15) is 11.6 Å². The lowest BCUT2D eigenvalue weighted by molar-refractivity contribution is -0.124. The van der Waals surface area contributed by atoms with E-state index < -0.39 is 0 Å². The third-order valence-corrected chi connectivity index (χ3v) is 8.90. The fourth-order valence-electron chi connectivity index (χ4n) is 7.47. The van der Waals surface area contributed by atoms with E-state index in [0.29, 0.717) is 29.1 Å². The summed E-state index contributed by atoms with van der Waals surface area (Å²) in [5.41, 5.74) is 0.368. The fourth-order valence-corrected chi connectivity index (χ4v) is 7.47. The molecule has 156 valence electrons. The Morgan fingerprint density at radius 1 is 1.14 bits per heavy atom. The standard InChI is InChI=1S/C25H32FNO2/c1-15-12-21-25(3,11-9-22(28)27-21)19-8-10-24(2)14-18(13-20(24)23(15)19)29-17-6-4-16(26)5-7-17/h4-7,9,11,15,18-21,23H,8,10,12-14H2,1-3H3,(H,27,28)/t15-,18-,19-,20-,21+,23+,24+,25+/m0/s1. The molecule has 0 bridgehead atoms. The molecule has 1 aromatic carbocycles. The van der Waals surface area contributed by atoms with Crippen molar-refractivity contribution < 1.29 is 13.9 Å². The summed E-state index contributed by atoms with van der Waals surface area (Å²) in [5.74, 6) is 3.12. The van der Waals surface area contributed by atoms with Crippen molar-refractivity contribution in [2.24, 2.45) is 34.5 Å². The van der Waals surface area contributed by atoms with Gasteiger partial charge in [-0.25, -0.2) is 4.39 Å². The van der Waals surface area contributed by atoms with Gasteiger partial charge in [0.2, 0.25) is 5.91 Å². The van der Waals surface area contributed by atoms with Gasteiger partial charge >= 0.3 is 0 Å². The van der Waals surface area contributed by atoms with Crippen molar-refractivity contribution in [2.75, 3.05) is 0 Å². The summed E-state index contributed by atoms with van der Waals surface area (Å²) in [6.07, 6.45) is 9.83. The average Bonchev–Trinajstić information content (AvgIpc) is 3.01. The maximum Gasteiger partial charge on any atom is 0.243 e. The van der Waals surface area contributed by atoms with E-state index in [9.17, 15) is 9.18 Å². The number of ether oxygens (including phenoxy) is 1. The zero-order chi connectivity index (χ0) is 20.4. The maximum atomic E-state index is 13.2. The molecule has 1 heterocycles. The first-order chi connectivity index (χ1) is 13.8. The van der Waals surface area contributed by atoms with Crippen LogP contribution in [0.5, 0.6) is 5.75 Å². The molecule has 0 saturated heterocycles. The van der Waals surface area contributed by atoms with Gasteiger partial charge in [-0.05, 0) is 91.5 Å². The summed E-state index contributed by atoms with van der Waals surface area (Å²) in [4.78, 5) is 12.0. The Bertz CT molecular complexity index is 836. The molecular formula is C25H32FNO2. The molecule has 0 unspecified atom stereocenters. The highest BCUT2D eigenvalue weighted by atomic mass is 19.1. The maximum absolute atomic E-state index is 13.2. The minimum Gasteiger partial charge on any atom is -0.490 e. The van der Waals surface area contributed by atoms with E-state index in [2.05, 4.69) is 32.2 Å². The highest BCUT2D eigenvalue weighted by Gasteiger charge is 2.60. The Morgan fingerprint density at radius 3 is 2.66 bits per heavy atom. The van der Waals surface area contributed by atoms with Crippen LogP contribution in [0.4, 0.5) is 4.39 Å². The fraction of sp³-hybridized carbons (Fsp3) is 0.640. The Labute approximate surface area is 173 Å². The minimum atomic E-state index is -0.223. The number of hydrogen-bond donors (Lipinski definition) is 1. The molecule has 0 aromatic heterocycles. The van der Waals surface area contributed by atoms with Crippen LogP contribution in [0.3, 0.4) is 0 Å². The molecule has 4 aliphatic rings. The van der Waals surface area contributed by atoms with Crippen LogP contribution in [-0.4, -0.2) is 18.1 Å². The number of carbonyl (C=O) groups excluding carboxylic acids is 1. The molecule has 0 radical (unpaired) electrons. The van der Waals surface area contributed by atoms with Crippen LogP contribution >= 0.6 is 0 Å². The van der Waals surface area contributed by atoms with Gasteiger partial charge in [0.25, 0.3) is 0 Å². The Kier molecular flexibility index (Phi) is 4.34. The van der Waals surface area contributed by atoms with Crippen molar-refractivity contribution in [1.82, 2.24) is 5.32 Å². The third-order valence-electron chi connectivity index (χ3n) is 8.90. The van der Waals surface area contributed by atoms with E-state index >= 15 is 0 Å². The lowest BCUT2D eigenvalue weighted by Crippen LogP contribution is -2.61. The first-order valence-corrected chi connectivity index (χ1v) is 11.2. The van der Waals surface area contributed by atoms with Crippen molar-refractivity contribution >= 4 is 5.91 Å². The first kappa shape index (κ1) is 19.1. The van der Waals surface area contributed by atoms with Crippen LogP contribution in [0.1, 0.15) is 52.9 Å². The van der Waals surface area contributed by atoms with E-state index in [1.54, 1.807) is 18.2 Å². The molecule has 3 fully saturated rings. The molecule has 1 aliphatic heterocycles. The molecule has 1 amide bonds. The van der Waals surface area contributed by atoms with Crippen LogP contribution in [-0.2, 0) is 4.79 Å². The Morgan fingerprint density at radius 2 is 1.90 bits per heavy atom. The average molecular weight is 398 g/mol. The van der Waals surface area contributed by atoms with Gasteiger partial charge in [-0.3, -0.25) is 4.79 Å². The second-order valence-corrected chi connectivity index (χ2v) is 10.6. The van der Waals surface area contributed by atoms with Crippen LogP contribution in [0.15, 0.2) is 36.4 Å². The summed E-state index contributed by atoms with van der Waals surface area (Å²) in [5, 5.41) is 3.26. The predicted molar refractivity (Wildman–Crippen MR) is 111 cm³/mol. The quantitative estimate of drug-likeness (QED) is 0.752. The second-order valence-electron chi connectivity index (χ2n) is 10.6. The zero-order valence-electron chi connectivity index (χ0n) is 17.7. The molecular weight excluding hydrogens is 365 g/mol. The number of nitrogens with one attached hydrogen (secondary N) is 1. The topological polar surface area (TPSA) is 38.3 Å². The first-order valence-electron chi connectivity index (χ1n) is 11.2. The summed E-state index contributed by atoms with van der Waals surface area (Å²) >= 11 is 0. The highest BCUT2D eigenvalue weighted by molar-refractivity contribution is 5.89. The number of benzene rings is 1. The minimum absolute atomic E-state index is 0.0579. The molecule has 1 aromatic rings. The van der Waals surface area contributed by atoms with Crippen LogP contribution in [0, 0.1) is 40.3 Å². The number of amides is 1. The van der Waals surface area contributed by atoms with Gasteiger partial charge in [0.15, 0.2) is 0 Å². The van der Waals surface area contributed by atoms with E-state index in [4.69, 9.17) is 4.74 Å².